The van der Waals surface area contributed by atoms with Crippen molar-refractivity contribution >= 4 is 25.8 Å². The Labute approximate surface area is 129 Å². The second kappa shape index (κ2) is 8.00. The molecule has 1 rings (SSSR count). The number of ether oxygens (including phenoxy) is 1. The average Bonchev–Trinajstić information content (AvgIpc) is 2.36. The Hall–Kier alpha value is -0.590. The first-order valence-corrected chi connectivity index (χ1v) is 9.32. The van der Waals surface area contributed by atoms with Gasteiger partial charge < -0.3 is 10.5 Å². The molecule has 0 heterocycles. The van der Waals surface area contributed by atoms with E-state index in [4.69, 9.17) is 10.5 Å². The van der Waals surface area contributed by atoms with Crippen LogP contribution in [-0.2, 0) is 16.3 Å². The van der Waals surface area contributed by atoms with Crippen molar-refractivity contribution in [3.63, 3.8) is 0 Å². The second-order valence-corrected chi connectivity index (χ2v) is 8.21. The first kappa shape index (κ1) is 17.5. The van der Waals surface area contributed by atoms with E-state index in [9.17, 15) is 8.42 Å². The number of hydrogen-bond donors (Lipinski definition) is 1. The van der Waals surface area contributed by atoms with E-state index >= 15 is 0 Å². The lowest BCUT2D eigenvalue weighted by Crippen LogP contribution is -2.17. The van der Waals surface area contributed by atoms with Gasteiger partial charge in [-0.1, -0.05) is 13.0 Å². The zero-order valence-electron chi connectivity index (χ0n) is 11.9. The maximum Gasteiger partial charge on any atom is 0.150 e. The van der Waals surface area contributed by atoms with E-state index in [1.807, 2.05) is 25.1 Å². The van der Waals surface area contributed by atoms with Crippen molar-refractivity contribution in [1.82, 2.24) is 0 Å². The molecule has 0 radical (unpaired) electrons. The molecule has 0 aromatic heterocycles. The van der Waals surface area contributed by atoms with Crippen molar-refractivity contribution in [2.45, 2.75) is 32.7 Å². The molecule has 0 bridgehead atoms. The standard InChI is InChI=1S/C14H22BrNO3S/c1-3-20(17,18)8-4-7-19-14-6-5-12(9-11(2)16)10-13(14)15/h5-6,10-11H,3-4,7-9,16H2,1-2H3. The third kappa shape index (κ3) is 6.24. The topological polar surface area (TPSA) is 69.4 Å². The Morgan fingerprint density at radius 1 is 1.40 bits per heavy atom. The smallest absolute Gasteiger partial charge is 0.150 e. The average molecular weight is 364 g/mol. The number of sulfone groups is 1. The highest BCUT2D eigenvalue weighted by Gasteiger charge is 2.08. The van der Waals surface area contributed by atoms with Gasteiger partial charge in [0.1, 0.15) is 15.6 Å². The van der Waals surface area contributed by atoms with Crippen LogP contribution < -0.4 is 10.5 Å². The Balaban J connectivity index is 2.49. The molecule has 0 aliphatic carbocycles. The predicted octanol–water partition coefficient (Wildman–Crippen LogP) is 2.54. The molecule has 0 spiro atoms. The van der Waals surface area contributed by atoms with E-state index < -0.39 is 9.84 Å². The quantitative estimate of drug-likeness (QED) is 0.720. The van der Waals surface area contributed by atoms with E-state index in [-0.39, 0.29) is 17.5 Å². The number of rotatable bonds is 8. The van der Waals surface area contributed by atoms with Crippen LogP contribution in [0, 0.1) is 0 Å². The molecule has 1 aromatic carbocycles. The fourth-order valence-corrected chi connectivity index (χ4v) is 3.15. The minimum Gasteiger partial charge on any atom is -0.492 e. The van der Waals surface area contributed by atoms with Crippen LogP contribution in [0.2, 0.25) is 0 Å². The molecule has 0 fully saturated rings. The number of halogens is 1. The summed E-state index contributed by atoms with van der Waals surface area (Å²) in [6, 6.07) is 5.97. The molecule has 1 atom stereocenters. The minimum atomic E-state index is -2.91. The fourth-order valence-electron chi connectivity index (χ4n) is 1.77. The molecule has 6 heteroatoms. The summed E-state index contributed by atoms with van der Waals surface area (Å²) >= 11 is 3.46. The van der Waals surface area contributed by atoms with Crippen LogP contribution in [0.4, 0.5) is 0 Å². The Morgan fingerprint density at radius 3 is 2.65 bits per heavy atom. The van der Waals surface area contributed by atoms with Gasteiger partial charge in [0.25, 0.3) is 0 Å². The van der Waals surface area contributed by atoms with Crippen LogP contribution in [-0.4, -0.2) is 32.6 Å². The van der Waals surface area contributed by atoms with E-state index in [2.05, 4.69) is 15.9 Å². The van der Waals surface area contributed by atoms with E-state index in [0.29, 0.717) is 13.0 Å². The number of benzene rings is 1. The molecule has 20 heavy (non-hydrogen) atoms. The van der Waals surface area contributed by atoms with Gasteiger partial charge in [0.05, 0.1) is 16.8 Å². The SMILES string of the molecule is CCS(=O)(=O)CCCOc1ccc(CC(C)N)cc1Br. The lowest BCUT2D eigenvalue weighted by molar-refractivity contribution is 0.315. The maximum absolute atomic E-state index is 11.3. The van der Waals surface area contributed by atoms with Crippen LogP contribution >= 0.6 is 15.9 Å². The molecule has 0 amide bonds. The van der Waals surface area contributed by atoms with E-state index in [1.165, 1.54) is 0 Å². The van der Waals surface area contributed by atoms with Gasteiger partial charge in [0, 0.05) is 11.8 Å². The summed E-state index contributed by atoms with van der Waals surface area (Å²) < 4.78 is 29.2. The zero-order chi connectivity index (χ0) is 15.2. The highest BCUT2D eigenvalue weighted by molar-refractivity contribution is 9.10. The van der Waals surface area contributed by atoms with Gasteiger partial charge in [-0.3, -0.25) is 0 Å². The molecule has 0 aliphatic rings. The predicted molar refractivity (Wildman–Crippen MR) is 85.9 cm³/mol. The largest absolute Gasteiger partial charge is 0.492 e. The lowest BCUT2D eigenvalue weighted by Gasteiger charge is -2.11. The van der Waals surface area contributed by atoms with Crippen molar-refractivity contribution < 1.29 is 13.2 Å². The lowest BCUT2D eigenvalue weighted by atomic mass is 10.1. The number of nitrogens with two attached hydrogens (primary N) is 1. The van der Waals surface area contributed by atoms with E-state index in [0.717, 1.165) is 22.2 Å². The third-order valence-corrected chi connectivity index (χ3v) is 5.26. The van der Waals surface area contributed by atoms with Gasteiger partial charge in [-0.05, 0) is 53.4 Å². The van der Waals surface area contributed by atoms with Gasteiger partial charge in [-0.15, -0.1) is 0 Å². The minimum absolute atomic E-state index is 0.118. The van der Waals surface area contributed by atoms with Crippen molar-refractivity contribution in [1.29, 1.82) is 0 Å². The molecule has 0 saturated heterocycles. The molecule has 0 aliphatic heterocycles. The van der Waals surface area contributed by atoms with Gasteiger partial charge in [0.15, 0.2) is 0 Å². The first-order chi connectivity index (χ1) is 9.34. The second-order valence-electron chi connectivity index (χ2n) is 4.88. The van der Waals surface area contributed by atoms with Crippen LogP contribution in [0.25, 0.3) is 0 Å². The van der Waals surface area contributed by atoms with Crippen LogP contribution in [0.5, 0.6) is 5.75 Å². The van der Waals surface area contributed by atoms with Crippen molar-refractivity contribution in [2.24, 2.45) is 5.73 Å². The normalized spacial score (nSPS) is 13.2. The highest BCUT2D eigenvalue weighted by atomic mass is 79.9. The summed E-state index contributed by atoms with van der Waals surface area (Å²) in [6.07, 6.45) is 1.32. The molecule has 4 nitrogen and oxygen atoms in total. The van der Waals surface area contributed by atoms with Gasteiger partial charge in [0.2, 0.25) is 0 Å². The van der Waals surface area contributed by atoms with Crippen molar-refractivity contribution in [3.8, 4) is 5.75 Å². The molecule has 114 valence electrons. The van der Waals surface area contributed by atoms with Crippen molar-refractivity contribution in [2.75, 3.05) is 18.1 Å². The summed E-state index contributed by atoms with van der Waals surface area (Å²) in [7, 11) is -2.91. The van der Waals surface area contributed by atoms with Crippen LogP contribution in [0.15, 0.2) is 22.7 Å². The first-order valence-electron chi connectivity index (χ1n) is 6.71. The molecular weight excluding hydrogens is 342 g/mol. The fraction of sp³-hybridized carbons (Fsp3) is 0.571. The summed E-state index contributed by atoms with van der Waals surface area (Å²) in [6.45, 7) is 4.01. The zero-order valence-corrected chi connectivity index (χ0v) is 14.3. The molecule has 1 unspecified atom stereocenters. The highest BCUT2D eigenvalue weighted by Crippen LogP contribution is 2.26. The molecule has 1 aromatic rings. The molecular formula is C14H22BrNO3S. The van der Waals surface area contributed by atoms with Gasteiger partial charge >= 0.3 is 0 Å². The molecule has 0 saturated carbocycles. The summed E-state index contributed by atoms with van der Waals surface area (Å²) in [4.78, 5) is 0. The molecule has 2 N–H and O–H groups in total. The maximum atomic E-state index is 11.3. The third-order valence-electron chi connectivity index (χ3n) is 2.85. The summed E-state index contributed by atoms with van der Waals surface area (Å²) in [5, 5.41) is 0. The Morgan fingerprint density at radius 2 is 2.10 bits per heavy atom. The van der Waals surface area contributed by atoms with Gasteiger partial charge in [-0.2, -0.15) is 0 Å². The monoisotopic (exact) mass is 363 g/mol. The van der Waals surface area contributed by atoms with Crippen molar-refractivity contribution in [3.05, 3.63) is 28.2 Å². The van der Waals surface area contributed by atoms with E-state index in [1.54, 1.807) is 6.92 Å². The van der Waals surface area contributed by atoms with Crippen LogP contribution in [0.3, 0.4) is 0 Å². The summed E-state index contributed by atoms with van der Waals surface area (Å²) in [5.74, 6) is 1.08. The summed E-state index contributed by atoms with van der Waals surface area (Å²) in [5.41, 5.74) is 6.91. The van der Waals surface area contributed by atoms with Crippen LogP contribution in [0.1, 0.15) is 25.8 Å². The van der Waals surface area contributed by atoms with Gasteiger partial charge in [-0.25, -0.2) is 8.42 Å². The Bertz CT molecular complexity index is 529. The number of hydrogen-bond acceptors (Lipinski definition) is 4. The Kier molecular flexibility index (Phi) is 6.99.